The highest BCUT2D eigenvalue weighted by Crippen LogP contribution is 2.68. The van der Waals surface area contributed by atoms with E-state index < -0.39 is 7.21 Å². The normalized spacial score (nSPS) is 21.6. The number of benzene rings is 4. The van der Waals surface area contributed by atoms with Crippen LogP contribution in [0.25, 0.3) is 0 Å². The molecular weight excluding hydrogens is 530 g/mol. The molecule has 0 radical (unpaired) electrons. The van der Waals surface area contributed by atoms with Crippen LogP contribution in [-0.4, -0.2) is 13.3 Å². The zero-order chi connectivity index (χ0) is 26.5. The van der Waals surface area contributed by atoms with Crippen molar-refractivity contribution in [3.8, 4) is 0 Å². The van der Waals surface area contributed by atoms with Crippen LogP contribution < -0.4 is 15.0 Å². The fourth-order valence-electron chi connectivity index (χ4n) is 5.58. The van der Waals surface area contributed by atoms with Crippen LogP contribution in [0.5, 0.6) is 0 Å². The smallest absolute Gasteiger partial charge is 0.141 e. The lowest BCUT2D eigenvalue weighted by molar-refractivity contribution is 0.640. The first-order chi connectivity index (χ1) is 18.3. The minimum absolute atomic E-state index is 0.271. The summed E-state index contributed by atoms with van der Waals surface area (Å²) in [7, 11) is -0.634. The Balaban J connectivity index is 1.77. The van der Waals surface area contributed by atoms with Crippen molar-refractivity contribution < 1.29 is 0 Å². The zero-order valence-corrected chi connectivity index (χ0v) is 23.8. The molecule has 0 aliphatic carbocycles. The molecule has 1 atom stereocenters. The van der Waals surface area contributed by atoms with Gasteiger partial charge in [0, 0.05) is 34.2 Å². The van der Waals surface area contributed by atoms with Gasteiger partial charge >= 0.3 is 0 Å². The quantitative estimate of drug-likeness (QED) is 0.235. The molecule has 4 nitrogen and oxygen atoms in total. The third-order valence-corrected chi connectivity index (χ3v) is 11.2. The lowest BCUT2D eigenvalue weighted by atomic mass is 9.84. The standard InChI is InChI=1S/C31H27Cl2N4P/c1-31(2)25-16-10-11-17-28(25)36(3)30(31)29-21-34-37(23-12-6-4-7-13-23)38(29,24-14-8-5-9-15-24)35-27-20-22(32)18-19-26(27)33/h4-21H,1-3H3/b30-29+. The van der Waals surface area contributed by atoms with Gasteiger partial charge in [0.25, 0.3) is 0 Å². The number of halogens is 2. The highest BCUT2D eigenvalue weighted by atomic mass is 35.5. The topological polar surface area (TPSA) is 31.2 Å². The first-order valence-corrected chi connectivity index (χ1v) is 14.9. The summed E-state index contributed by atoms with van der Waals surface area (Å²) >= 11 is 13.2. The second-order valence-electron chi connectivity index (χ2n) is 9.94. The van der Waals surface area contributed by atoms with E-state index in [2.05, 4.69) is 91.2 Å². The molecule has 0 N–H and O–H groups in total. The summed E-state index contributed by atoms with van der Waals surface area (Å²) in [5.41, 5.74) is 5.00. The third kappa shape index (κ3) is 3.82. The number of para-hydroxylation sites is 2. The number of nitrogens with zero attached hydrogens (tertiary/aromatic N) is 4. The molecule has 190 valence electrons. The molecule has 4 aromatic rings. The minimum atomic E-state index is -2.77. The van der Waals surface area contributed by atoms with Crippen LogP contribution >= 0.6 is 30.4 Å². The summed E-state index contributed by atoms with van der Waals surface area (Å²) < 4.78 is 7.68. The Labute approximate surface area is 233 Å². The number of fused-ring (bicyclic) bond motifs is 1. The van der Waals surface area contributed by atoms with Crippen LogP contribution in [0.2, 0.25) is 10.0 Å². The first-order valence-electron chi connectivity index (χ1n) is 12.5. The Kier molecular flexibility index (Phi) is 6.23. The molecule has 7 heteroatoms. The van der Waals surface area contributed by atoms with E-state index in [-0.39, 0.29) is 5.41 Å². The highest BCUT2D eigenvalue weighted by Gasteiger charge is 2.47. The molecule has 0 aromatic heterocycles. The van der Waals surface area contributed by atoms with Gasteiger partial charge < -0.3 is 4.90 Å². The Morgan fingerprint density at radius 1 is 0.816 bits per heavy atom. The van der Waals surface area contributed by atoms with Gasteiger partial charge in [-0.15, -0.1) is 0 Å². The highest BCUT2D eigenvalue weighted by molar-refractivity contribution is 7.80. The molecule has 0 saturated heterocycles. The number of anilines is 2. The summed E-state index contributed by atoms with van der Waals surface area (Å²) in [5, 5.41) is 8.39. The molecule has 2 heterocycles. The maximum atomic E-state index is 6.76. The summed E-state index contributed by atoms with van der Waals surface area (Å²) in [5.74, 6) is 0. The van der Waals surface area contributed by atoms with Gasteiger partial charge in [0.05, 0.1) is 27.9 Å². The number of allylic oxidation sites excluding steroid dienone is 2. The number of hydrazone groups is 1. The second kappa shape index (κ2) is 9.47. The lowest BCUT2D eigenvalue weighted by Crippen LogP contribution is -2.27. The fraction of sp³-hybridized carbons (Fsp3) is 0.129. The zero-order valence-electron chi connectivity index (χ0n) is 21.4. The van der Waals surface area contributed by atoms with E-state index in [1.165, 1.54) is 16.9 Å². The Morgan fingerprint density at radius 2 is 1.47 bits per heavy atom. The third-order valence-electron chi connectivity index (χ3n) is 7.27. The van der Waals surface area contributed by atoms with Crippen molar-refractivity contribution in [1.82, 2.24) is 0 Å². The van der Waals surface area contributed by atoms with Gasteiger partial charge in [0.2, 0.25) is 0 Å². The van der Waals surface area contributed by atoms with E-state index in [0.717, 1.165) is 16.3 Å². The molecule has 0 fully saturated rings. The van der Waals surface area contributed by atoms with Crippen molar-refractivity contribution >= 4 is 59.0 Å². The molecule has 0 spiro atoms. The van der Waals surface area contributed by atoms with Crippen molar-refractivity contribution in [2.24, 2.45) is 9.85 Å². The van der Waals surface area contributed by atoms with E-state index in [1.54, 1.807) is 6.07 Å². The molecule has 38 heavy (non-hydrogen) atoms. The second-order valence-corrected chi connectivity index (χ2v) is 13.6. The van der Waals surface area contributed by atoms with Gasteiger partial charge in [-0.3, -0.25) is 0 Å². The SMILES string of the molecule is CN1/C(=C2\C=NN(c3ccccc3)P2(=Nc2cc(Cl)ccc2Cl)c2ccccc2)C(C)(C)c2ccccc21. The van der Waals surface area contributed by atoms with Gasteiger partial charge in [0.1, 0.15) is 7.21 Å². The monoisotopic (exact) mass is 556 g/mol. The fourth-order valence-corrected chi connectivity index (χ4v) is 9.65. The number of hydrogen-bond acceptors (Lipinski definition) is 3. The molecule has 1 unspecified atom stereocenters. The molecule has 6 rings (SSSR count). The largest absolute Gasteiger partial charge is 0.346 e. The maximum absolute atomic E-state index is 6.76. The van der Waals surface area contributed by atoms with E-state index in [1.807, 2.05) is 42.6 Å². The van der Waals surface area contributed by atoms with E-state index in [0.29, 0.717) is 15.7 Å². The molecular formula is C31H27Cl2N4P. The van der Waals surface area contributed by atoms with Gasteiger partial charge in [-0.2, -0.15) is 5.10 Å². The van der Waals surface area contributed by atoms with Crippen molar-refractivity contribution in [1.29, 1.82) is 0 Å². The van der Waals surface area contributed by atoms with Crippen molar-refractivity contribution in [3.05, 3.63) is 130 Å². The van der Waals surface area contributed by atoms with Crippen molar-refractivity contribution in [3.63, 3.8) is 0 Å². The van der Waals surface area contributed by atoms with Crippen LogP contribution in [0.1, 0.15) is 19.4 Å². The molecule has 0 amide bonds. The number of rotatable bonds is 3. The summed E-state index contributed by atoms with van der Waals surface area (Å²) in [4.78, 5) is 2.30. The van der Waals surface area contributed by atoms with Crippen molar-refractivity contribution in [2.75, 3.05) is 16.7 Å². The summed E-state index contributed by atoms with van der Waals surface area (Å²) in [6.45, 7) is 4.56. The van der Waals surface area contributed by atoms with E-state index in [9.17, 15) is 0 Å². The summed E-state index contributed by atoms with van der Waals surface area (Å²) in [6, 6.07) is 34.7. The van der Waals surface area contributed by atoms with Crippen molar-refractivity contribution in [2.45, 2.75) is 19.3 Å². The lowest BCUT2D eigenvalue weighted by Gasteiger charge is -2.35. The van der Waals surface area contributed by atoms with Crippen LogP contribution in [0.4, 0.5) is 17.1 Å². The molecule has 2 aliphatic rings. The minimum Gasteiger partial charge on any atom is -0.346 e. The predicted octanol–water partition coefficient (Wildman–Crippen LogP) is 9.21. The van der Waals surface area contributed by atoms with Gasteiger partial charge in [-0.1, -0.05) is 104 Å². The van der Waals surface area contributed by atoms with Crippen LogP contribution in [0.15, 0.2) is 124 Å². The molecule has 2 aliphatic heterocycles. The van der Waals surface area contributed by atoms with Gasteiger partial charge in [-0.05, 0) is 42.0 Å². The molecule has 0 bridgehead atoms. The van der Waals surface area contributed by atoms with Gasteiger partial charge in [-0.25, -0.2) is 9.52 Å². The van der Waals surface area contributed by atoms with E-state index in [4.69, 9.17) is 33.0 Å². The Bertz CT molecular complexity index is 1650. The molecule has 0 saturated carbocycles. The van der Waals surface area contributed by atoms with Crippen LogP contribution in [-0.2, 0) is 5.41 Å². The van der Waals surface area contributed by atoms with Gasteiger partial charge in [0.15, 0.2) is 0 Å². The number of hydrogen-bond donors (Lipinski definition) is 0. The first kappa shape index (κ1) is 25.0. The Hall–Kier alpha value is -3.30. The predicted molar refractivity (Wildman–Crippen MR) is 164 cm³/mol. The van der Waals surface area contributed by atoms with Crippen LogP contribution in [0.3, 0.4) is 0 Å². The Morgan fingerprint density at radius 3 is 2.18 bits per heavy atom. The maximum Gasteiger partial charge on any atom is 0.141 e. The molecule has 4 aromatic carbocycles. The van der Waals surface area contributed by atoms with E-state index >= 15 is 0 Å². The van der Waals surface area contributed by atoms with Crippen LogP contribution in [0, 0.1) is 0 Å². The number of likely N-dealkylation sites (N-methyl/N-ethyl adjacent to an activating group) is 1. The average molecular weight is 557 g/mol. The average Bonchev–Trinajstić information content (AvgIpc) is 3.39. The summed E-state index contributed by atoms with van der Waals surface area (Å²) in [6.07, 6.45) is 2.01.